The van der Waals surface area contributed by atoms with E-state index in [-0.39, 0.29) is 12.5 Å². The molecule has 25 heavy (non-hydrogen) atoms. The van der Waals surface area contributed by atoms with E-state index >= 15 is 0 Å². The number of ether oxygens (including phenoxy) is 3. The van der Waals surface area contributed by atoms with Gasteiger partial charge in [-0.05, 0) is 48.9 Å². The lowest BCUT2D eigenvalue weighted by molar-refractivity contribution is -0.124. The minimum absolute atomic E-state index is 0.326. The second-order valence-electron chi connectivity index (χ2n) is 5.32. The second kappa shape index (κ2) is 9.32. The first-order valence-corrected chi connectivity index (χ1v) is 7.86. The number of benzene rings is 2. The Morgan fingerprint density at radius 1 is 1.04 bits per heavy atom. The maximum atomic E-state index is 11.8. The zero-order valence-electron chi connectivity index (χ0n) is 14.3. The van der Waals surface area contributed by atoms with Crippen LogP contribution >= 0.6 is 0 Å². The van der Waals surface area contributed by atoms with E-state index in [0.717, 1.165) is 11.3 Å². The van der Waals surface area contributed by atoms with Gasteiger partial charge in [0.1, 0.15) is 18.1 Å². The van der Waals surface area contributed by atoms with Gasteiger partial charge in [0, 0.05) is 0 Å². The average molecular weight is 343 g/mol. The lowest BCUT2D eigenvalue weighted by atomic mass is 10.2. The van der Waals surface area contributed by atoms with Gasteiger partial charge in [0.15, 0.2) is 6.61 Å². The molecule has 0 aromatic heterocycles. The molecule has 0 spiro atoms. The van der Waals surface area contributed by atoms with Gasteiger partial charge >= 0.3 is 5.97 Å². The third kappa shape index (κ3) is 6.18. The number of carbonyl (C=O) groups excluding carboxylic acids is 2. The van der Waals surface area contributed by atoms with E-state index in [9.17, 15) is 9.59 Å². The van der Waals surface area contributed by atoms with Crippen LogP contribution in [-0.2, 0) is 9.53 Å². The number of carbonyl (C=O) groups is 2. The molecule has 2 aromatic rings. The van der Waals surface area contributed by atoms with Crippen LogP contribution in [0.25, 0.3) is 0 Å². The highest BCUT2D eigenvalue weighted by atomic mass is 16.5. The molecule has 0 saturated heterocycles. The number of aryl methyl sites for hydroxylation is 1. The first-order valence-electron chi connectivity index (χ1n) is 7.86. The van der Waals surface area contributed by atoms with E-state index in [2.05, 4.69) is 5.32 Å². The highest BCUT2D eigenvalue weighted by Crippen LogP contribution is 2.12. The predicted molar refractivity (Wildman–Crippen MR) is 93.0 cm³/mol. The molecule has 1 amide bonds. The van der Waals surface area contributed by atoms with E-state index in [1.54, 1.807) is 31.4 Å². The van der Waals surface area contributed by atoms with Crippen molar-refractivity contribution in [1.82, 2.24) is 5.32 Å². The lowest BCUT2D eigenvalue weighted by Gasteiger charge is -2.09. The number of nitrogens with one attached hydrogen (secondary N) is 1. The van der Waals surface area contributed by atoms with Crippen LogP contribution in [0.5, 0.6) is 11.5 Å². The van der Waals surface area contributed by atoms with Gasteiger partial charge < -0.3 is 19.5 Å². The second-order valence-corrected chi connectivity index (χ2v) is 5.32. The number of methoxy groups -OCH3 is 1. The van der Waals surface area contributed by atoms with Gasteiger partial charge in [-0.2, -0.15) is 0 Å². The Bertz CT molecular complexity index is 712. The average Bonchev–Trinajstić information content (AvgIpc) is 2.63. The first-order chi connectivity index (χ1) is 12.1. The molecule has 132 valence electrons. The highest BCUT2D eigenvalue weighted by molar-refractivity contribution is 5.91. The summed E-state index contributed by atoms with van der Waals surface area (Å²) in [7, 11) is 1.54. The van der Waals surface area contributed by atoms with Gasteiger partial charge in [0.25, 0.3) is 5.91 Å². The quantitative estimate of drug-likeness (QED) is 0.588. The van der Waals surface area contributed by atoms with Crippen molar-refractivity contribution in [3.8, 4) is 11.5 Å². The van der Waals surface area contributed by atoms with Gasteiger partial charge in [-0.25, -0.2) is 4.79 Å². The standard InChI is InChI=1S/C19H21NO5/c1-14-4-3-5-17(12-14)24-11-10-20-18(21)13-25-19(22)15-6-8-16(23-2)9-7-15/h3-9,12H,10-11,13H2,1-2H3,(H,20,21). The molecule has 6 nitrogen and oxygen atoms in total. The number of amides is 1. The Hall–Kier alpha value is -3.02. The lowest BCUT2D eigenvalue weighted by Crippen LogP contribution is -2.32. The van der Waals surface area contributed by atoms with Gasteiger partial charge in [-0.15, -0.1) is 0 Å². The molecule has 0 bridgehead atoms. The summed E-state index contributed by atoms with van der Waals surface area (Å²) in [6, 6.07) is 14.1. The zero-order chi connectivity index (χ0) is 18.1. The normalized spacial score (nSPS) is 10.0. The van der Waals surface area contributed by atoms with Gasteiger partial charge in [0.05, 0.1) is 19.2 Å². The highest BCUT2D eigenvalue weighted by Gasteiger charge is 2.10. The van der Waals surface area contributed by atoms with Crippen LogP contribution in [0.4, 0.5) is 0 Å². The maximum absolute atomic E-state index is 11.8. The monoisotopic (exact) mass is 343 g/mol. The van der Waals surface area contributed by atoms with Crippen LogP contribution in [0.3, 0.4) is 0 Å². The molecule has 0 heterocycles. The summed E-state index contributed by atoms with van der Waals surface area (Å²) in [5.41, 5.74) is 1.46. The van der Waals surface area contributed by atoms with Crippen LogP contribution in [-0.4, -0.2) is 38.7 Å². The molecular formula is C19H21NO5. The minimum atomic E-state index is -0.561. The molecule has 0 fully saturated rings. The topological polar surface area (TPSA) is 73.9 Å². The Kier molecular flexibility index (Phi) is 6.83. The number of rotatable bonds is 8. The molecule has 0 unspecified atom stereocenters. The predicted octanol–water partition coefficient (Wildman–Crippen LogP) is 2.36. The van der Waals surface area contributed by atoms with Crippen LogP contribution < -0.4 is 14.8 Å². The van der Waals surface area contributed by atoms with E-state index in [4.69, 9.17) is 14.2 Å². The third-order valence-corrected chi connectivity index (χ3v) is 3.34. The summed E-state index contributed by atoms with van der Waals surface area (Å²) in [6.07, 6.45) is 0. The summed E-state index contributed by atoms with van der Waals surface area (Å²) < 4.78 is 15.5. The van der Waals surface area contributed by atoms with Crippen molar-refractivity contribution in [3.63, 3.8) is 0 Å². The van der Waals surface area contributed by atoms with Crippen molar-refractivity contribution in [2.75, 3.05) is 26.9 Å². The summed E-state index contributed by atoms with van der Waals surface area (Å²) in [5.74, 6) is 0.451. The minimum Gasteiger partial charge on any atom is -0.497 e. The van der Waals surface area contributed by atoms with E-state index in [1.165, 1.54) is 0 Å². The zero-order valence-corrected chi connectivity index (χ0v) is 14.3. The van der Waals surface area contributed by atoms with Crippen molar-refractivity contribution < 1.29 is 23.8 Å². The fourth-order valence-corrected chi connectivity index (χ4v) is 2.06. The molecule has 1 N–H and O–H groups in total. The van der Waals surface area contributed by atoms with E-state index < -0.39 is 5.97 Å². The number of hydrogen-bond donors (Lipinski definition) is 1. The molecule has 0 atom stereocenters. The van der Waals surface area contributed by atoms with Crippen LogP contribution in [0.15, 0.2) is 48.5 Å². The van der Waals surface area contributed by atoms with Crippen molar-refractivity contribution in [2.24, 2.45) is 0 Å². The third-order valence-electron chi connectivity index (χ3n) is 3.34. The van der Waals surface area contributed by atoms with Crippen LogP contribution in [0.1, 0.15) is 15.9 Å². The van der Waals surface area contributed by atoms with Crippen molar-refractivity contribution in [3.05, 3.63) is 59.7 Å². The molecular weight excluding hydrogens is 322 g/mol. The largest absolute Gasteiger partial charge is 0.497 e. The summed E-state index contributed by atoms with van der Waals surface area (Å²) in [5, 5.41) is 2.63. The van der Waals surface area contributed by atoms with Crippen LogP contribution in [0.2, 0.25) is 0 Å². The first kappa shape index (κ1) is 18.3. The fourth-order valence-electron chi connectivity index (χ4n) is 2.06. The smallest absolute Gasteiger partial charge is 0.338 e. The number of esters is 1. The summed E-state index contributed by atoms with van der Waals surface area (Å²) in [6.45, 7) is 2.30. The molecule has 0 aliphatic heterocycles. The van der Waals surface area contributed by atoms with E-state index in [1.807, 2.05) is 31.2 Å². The molecule has 0 saturated carbocycles. The molecule has 6 heteroatoms. The Labute approximate surface area is 146 Å². The maximum Gasteiger partial charge on any atom is 0.338 e. The SMILES string of the molecule is COc1ccc(C(=O)OCC(=O)NCCOc2cccc(C)c2)cc1. The molecule has 2 aromatic carbocycles. The molecule has 0 aliphatic rings. The Balaban J connectivity index is 1.65. The Morgan fingerprint density at radius 2 is 1.80 bits per heavy atom. The van der Waals surface area contributed by atoms with Crippen molar-refractivity contribution >= 4 is 11.9 Å². The van der Waals surface area contributed by atoms with Crippen molar-refractivity contribution in [2.45, 2.75) is 6.92 Å². The summed E-state index contributed by atoms with van der Waals surface area (Å²) >= 11 is 0. The van der Waals surface area contributed by atoms with Gasteiger partial charge in [-0.1, -0.05) is 12.1 Å². The fraction of sp³-hybridized carbons (Fsp3) is 0.263. The van der Waals surface area contributed by atoms with Crippen LogP contribution in [0, 0.1) is 6.92 Å². The number of hydrogen-bond acceptors (Lipinski definition) is 5. The molecule has 0 radical (unpaired) electrons. The van der Waals surface area contributed by atoms with E-state index in [0.29, 0.717) is 24.5 Å². The summed E-state index contributed by atoms with van der Waals surface area (Å²) in [4.78, 5) is 23.5. The Morgan fingerprint density at radius 3 is 2.48 bits per heavy atom. The molecule has 0 aliphatic carbocycles. The van der Waals surface area contributed by atoms with Gasteiger partial charge in [0.2, 0.25) is 0 Å². The van der Waals surface area contributed by atoms with Gasteiger partial charge in [-0.3, -0.25) is 4.79 Å². The molecule has 2 rings (SSSR count). The van der Waals surface area contributed by atoms with Crippen molar-refractivity contribution in [1.29, 1.82) is 0 Å².